The molecule has 1 aliphatic carbocycles. The molecule has 1 aliphatic rings. The van der Waals surface area contributed by atoms with Gasteiger partial charge in [0.2, 0.25) is 0 Å². The highest BCUT2D eigenvalue weighted by Crippen LogP contribution is 2.34. The van der Waals surface area contributed by atoms with Crippen LogP contribution in [-0.4, -0.2) is 26.8 Å². The van der Waals surface area contributed by atoms with Crippen LogP contribution in [-0.2, 0) is 9.84 Å². The maximum atomic E-state index is 12.2. The molecule has 1 fully saturated rings. The zero-order chi connectivity index (χ0) is 14.6. The van der Waals surface area contributed by atoms with E-state index in [1.54, 1.807) is 18.2 Å². The minimum Gasteiger partial charge on any atom is -0.313 e. The number of rotatable bonds is 7. The second kappa shape index (κ2) is 6.38. The lowest BCUT2D eigenvalue weighted by Crippen LogP contribution is -2.26. The van der Waals surface area contributed by atoms with Crippen molar-refractivity contribution in [3.63, 3.8) is 0 Å². The molecule has 5 heteroatoms. The van der Waals surface area contributed by atoms with E-state index in [1.807, 2.05) is 6.07 Å². The molecule has 2 unspecified atom stereocenters. The number of hydrogen-bond acceptors (Lipinski definition) is 4. The maximum Gasteiger partial charge on any atom is 0.179 e. The second-order valence-electron chi connectivity index (χ2n) is 5.30. The topological polar surface area (TPSA) is 70.0 Å². The van der Waals surface area contributed by atoms with Crippen LogP contribution in [0.3, 0.4) is 0 Å². The van der Waals surface area contributed by atoms with Crippen molar-refractivity contribution in [3.05, 3.63) is 29.8 Å². The predicted molar refractivity (Wildman–Crippen MR) is 78.0 cm³/mol. The van der Waals surface area contributed by atoms with E-state index in [0.29, 0.717) is 18.2 Å². The van der Waals surface area contributed by atoms with Gasteiger partial charge in [-0.2, -0.15) is 5.26 Å². The Labute approximate surface area is 120 Å². The lowest BCUT2D eigenvalue weighted by molar-refractivity contribution is 0.582. The van der Waals surface area contributed by atoms with Crippen LogP contribution in [0.2, 0.25) is 0 Å². The van der Waals surface area contributed by atoms with Gasteiger partial charge in [-0.05, 0) is 37.0 Å². The lowest BCUT2D eigenvalue weighted by atomic mass is 10.2. The standard InChI is InChI=1S/C15H20N2O2S/c1-2-4-13-10-15(13)17-7-8-20(18,19)14-6-3-5-12(9-14)11-16/h3,5-6,9,13,15,17H,2,4,7-8,10H2,1H3. The summed E-state index contributed by atoms with van der Waals surface area (Å²) in [6, 6.07) is 8.66. The van der Waals surface area contributed by atoms with Gasteiger partial charge in [0.1, 0.15) is 0 Å². The number of benzene rings is 1. The molecule has 1 N–H and O–H groups in total. The van der Waals surface area contributed by atoms with Crippen LogP contribution >= 0.6 is 0 Å². The molecule has 0 aromatic heterocycles. The van der Waals surface area contributed by atoms with Gasteiger partial charge < -0.3 is 5.32 Å². The quantitative estimate of drug-likeness (QED) is 0.835. The Morgan fingerprint density at radius 3 is 2.95 bits per heavy atom. The van der Waals surface area contributed by atoms with Gasteiger partial charge in [-0.15, -0.1) is 0 Å². The highest BCUT2D eigenvalue weighted by atomic mass is 32.2. The van der Waals surface area contributed by atoms with Crippen LogP contribution in [0, 0.1) is 17.2 Å². The van der Waals surface area contributed by atoms with Crippen molar-refractivity contribution in [2.45, 2.75) is 37.1 Å². The van der Waals surface area contributed by atoms with Crippen molar-refractivity contribution in [2.24, 2.45) is 5.92 Å². The molecule has 1 saturated carbocycles. The fourth-order valence-electron chi connectivity index (χ4n) is 2.44. The van der Waals surface area contributed by atoms with Gasteiger partial charge in [-0.25, -0.2) is 8.42 Å². The summed E-state index contributed by atoms with van der Waals surface area (Å²) in [6.07, 6.45) is 3.56. The van der Waals surface area contributed by atoms with Gasteiger partial charge in [0.05, 0.1) is 22.3 Å². The van der Waals surface area contributed by atoms with Crippen molar-refractivity contribution < 1.29 is 8.42 Å². The molecule has 0 heterocycles. The first-order valence-corrected chi connectivity index (χ1v) is 8.68. The zero-order valence-corrected chi connectivity index (χ0v) is 12.5. The third-order valence-corrected chi connectivity index (χ3v) is 5.40. The Hall–Kier alpha value is -1.38. The van der Waals surface area contributed by atoms with Crippen molar-refractivity contribution >= 4 is 9.84 Å². The molecule has 20 heavy (non-hydrogen) atoms. The Morgan fingerprint density at radius 1 is 1.45 bits per heavy atom. The van der Waals surface area contributed by atoms with Gasteiger partial charge in [-0.1, -0.05) is 19.4 Å². The van der Waals surface area contributed by atoms with Gasteiger partial charge in [0.25, 0.3) is 0 Å². The third-order valence-electron chi connectivity index (χ3n) is 3.68. The van der Waals surface area contributed by atoms with E-state index in [0.717, 1.165) is 12.3 Å². The normalized spacial score (nSPS) is 21.4. The van der Waals surface area contributed by atoms with E-state index in [1.165, 1.54) is 18.9 Å². The first-order valence-electron chi connectivity index (χ1n) is 7.03. The molecule has 2 rings (SSSR count). The van der Waals surface area contributed by atoms with Crippen molar-refractivity contribution in [2.75, 3.05) is 12.3 Å². The number of nitriles is 1. The molecule has 108 valence electrons. The summed E-state index contributed by atoms with van der Waals surface area (Å²) in [5.74, 6) is 0.807. The predicted octanol–water partition coefficient (Wildman–Crippen LogP) is 2.11. The van der Waals surface area contributed by atoms with Gasteiger partial charge in [-0.3, -0.25) is 0 Å². The largest absolute Gasteiger partial charge is 0.313 e. The van der Waals surface area contributed by atoms with Crippen LogP contribution in [0.1, 0.15) is 31.7 Å². The average molecular weight is 292 g/mol. The van der Waals surface area contributed by atoms with E-state index in [2.05, 4.69) is 12.2 Å². The fourth-order valence-corrected chi connectivity index (χ4v) is 3.66. The van der Waals surface area contributed by atoms with Gasteiger partial charge in [0, 0.05) is 12.6 Å². The third kappa shape index (κ3) is 3.81. The van der Waals surface area contributed by atoms with Gasteiger partial charge in [0.15, 0.2) is 9.84 Å². The Morgan fingerprint density at radius 2 is 2.25 bits per heavy atom. The highest BCUT2D eigenvalue weighted by molar-refractivity contribution is 7.91. The lowest BCUT2D eigenvalue weighted by Gasteiger charge is -2.06. The van der Waals surface area contributed by atoms with Crippen LogP contribution in [0.25, 0.3) is 0 Å². The molecule has 0 saturated heterocycles. The Kier molecular flexibility index (Phi) is 4.79. The van der Waals surface area contributed by atoms with Gasteiger partial charge >= 0.3 is 0 Å². The van der Waals surface area contributed by atoms with E-state index in [4.69, 9.17) is 5.26 Å². The minimum atomic E-state index is -3.30. The average Bonchev–Trinajstić information content (AvgIpc) is 3.17. The van der Waals surface area contributed by atoms with Crippen LogP contribution in [0.4, 0.5) is 0 Å². The van der Waals surface area contributed by atoms with Crippen LogP contribution < -0.4 is 5.32 Å². The number of sulfone groups is 1. The molecule has 1 aromatic carbocycles. The Balaban J connectivity index is 1.87. The molecule has 4 nitrogen and oxygen atoms in total. The van der Waals surface area contributed by atoms with Crippen molar-refractivity contribution in [3.8, 4) is 6.07 Å². The number of nitrogens with zero attached hydrogens (tertiary/aromatic N) is 1. The first kappa shape index (κ1) is 15.0. The monoisotopic (exact) mass is 292 g/mol. The molecule has 0 radical (unpaired) electrons. The highest BCUT2D eigenvalue weighted by Gasteiger charge is 2.35. The number of nitrogens with one attached hydrogen (secondary N) is 1. The van der Waals surface area contributed by atoms with Crippen molar-refractivity contribution in [1.29, 1.82) is 5.26 Å². The summed E-state index contributed by atoms with van der Waals surface area (Å²) < 4.78 is 24.3. The summed E-state index contributed by atoms with van der Waals surface area (Å²) in [7, 11) is -3.30. The molecular formula is C15H20N2O2S. The SMILES string of the molecule is CCCC1CC1NCCS(=O)(=O)c1cccc(C#N)c1. The second-order valence-corrected chi connectivity index (χ2v) is 7.41. The smallest absolute Gasteiger partial charge is 0.179 e. The molecule has 0 spiro atoms. The van der Waals surface area contributed by atoms with Crippen molar-refractivity contribution in [1.82, 2.24) is 5.32 Å². The first-order chi connectivity index (χ1) is 9.56. The molecule has 0 amide bonds. The molecule has 1 aromatic rings. The maximum absolute atomic E-state index is 12.2. The molecule has 0 bridgehead atoms. The van der Waals surface area contributed by atoms with E-state index >= 15 is 0 Å². The van der Waals surface area contributed by atoms with E-state index in [-0.39, 0.29) is 10.6 Å². The fraction of sp³-hybridized carbons (Fsp3) is 0.533. The summed E-state index contributed by atoms with van der Waals surface area (Å²) in [6.45, 7) is 2.64. The van der Waals surface area contributed by atoms with Crippen LogP contribution in [0.5, 0.6) is 0 Å². The molecule has 2 atom stereocenters. The number of hydrogen-bond donors (Lipinski definition) is 1. The van der Waals surface area contributed by atoms with E-state index in [9.17, 15) is 8.42 Å². The summed E-state index contributed by atoms with van der Waals surface area (Å²) in [4.78, 5) is 0.235. The molecule has 0 aliphatic heterocycles. The Bertz CT molecular complexity index is 605. The summed E-state index contributed by atoms with van der Waals surface area (Å²) >= 11 is 0. The van der Waals surface area contributed by atoms with E-state index < -0.39 is 9.84 Å². The molecular weight excluding hydrogens is 272 g/mol. The zero-order valence-electron chi connectivity index (χ0n) is 11.7. The summed E-state index contributed by atoms with van der Waals surface area (Å²) in [5.41, 5.74) is 0.379. The van der Waals surface area contributed by atoms with Crippen LogP contribution in [0.15, 0.2) is 29.2 Å². The summed E-state index contributed by atoms with van der Waals surface area (Å²) in [5, 5.41) is 12.1. The minimum absolute atomic E-state index is 0.0806.